The molecule has 2 N–H and O–H groups in total. The van der Waals surface area contributed by atoms with E-state index in [1.54, 1.807) is 0 Å². The van der Waals surface area contributed by atoms with Crippen LogP contribution in [0.2, 0.25) is 0 Å². The Kier molecular flexibility index (Phi) is 3.22. The summed E-state index contributed by atoms with van der Waals surface area (Å²) in [7, 11) is 0. The first-order chi connectivity index (χ1) is 6.60. The van der Waals surface area contributed by atoms with Crippen LogP contribution in [0.15, 0.2) is 0 Å². The first kappa shape index (κ1) is 10.7. The lowest BCUT2D eigenvalue weighted by atomic mass is 9.90. The molecule has 14 heavy (non-hydrogen) atoms. The second-order valence-electron chi connectivity index (χ2n) is 3.54. The van der Waals surface area contributed by atoms with Gasteiger partial charge in [-0.2, -0.15) is 0 Å². The summed E-state index contributed by atoms with van der Waals surface area (Å²) in [6.45, 7) is 0. The summed E-state index contributed by atoms with van der Waals surface area (Å²) in [4.78, 5) is 32.4. The SMILES string of the molecule is O=CNC1(C(=O)O)CCCC(=O)CC1. The lowest BCUT2D eigenvalue weighted by Gasteiger charge is -2.26. The van der Waals surface area contributed by atoms with Crippen molar-refractivity contribution in [3.8, 4) is 0 Å². The van der Waals surface area contributed by atoms with E-state index >= 15 is 0 Å². The maximum atomic E-state index is 11.1. The number of aliphatic carboxylic acids is 1. The van der Waals surface area contributed by atoms with Gasteiger partial charge in [0.2, 0.25) is 6.41 Å². The minimum atomic E-state index is -1.23. The van der Waals surface area contributed by atoms with Crippen molar-refractivity contribution >= 4 is 18.2 Å². The summed E-state index contributed by atoms with van der Waals surface area (Å²) in [5.74, 6) is -0.986. The average Bonchev–Trinajstić information content (AvgIpc) is 2.30. The molecule has 1 rings (SSSR count). The predicted octanol–water partition coefficient (Wildman–Crippen LogP) is 0.0890. The van der Waals surface area contributed by atoms with Crippen LogP contribution in [0.1, 0.15) is 32.1 Å². The van der Waals surface area contributed by atoms with Crippen LogP contribution in [0.5, 0.6) is 0 Å². The zero-order valence-electron chi connectivity index (χ0n) is 7.78. The largest absolute Gasteiger partial charge is 0.480 e. The molecular formula is C9H13NO4. The number of carboxylic acids is 1. The average molecular weight is 199 g/mol. The van der Waals surface area contributed by atoms with E-state index in [1.165, 1.54) is 0 Å². The van der Waals surface area contributed by atoms with Gasteiger partial charge in [-0.3, -0.25) is 9.59 Å². The lowest BCUT2D eigenvalue weighted by molar-refractivity contribution is -0.146. The van der Waals surface area contributed by atoms with Gasteiger partial charge in [-0.15, -0.1) is 0 Å². The predicted molar refractivity (Wildman–Crippen MR) is 47.7 cm³/mol. The summed E-state index contributed by atoms with van der Waals surface area (Å²) >= 11 is 0. The van der Waals surface area contributed by atoms with Gasteiger partial charge in [0.05, 0.1) is 0 Å². The van der Waals surface area contributed by atoms with Crippen molar-refractivity contribution in [3.05, 3.63) is 0 Å². The minimum absolute atomic E-state index is 0.0702. The van der Waals surface area contributed by atoms with Crippen molar-refractivity contribution in [1.29, 1.82) is 0 Å². The number of ketones is 1. The van der Waals surface area contributed by atoms with Crippen LogP contribution in [0, 0.1) is 0 Å². The molecule has 1 atom stereocenters. The number of hydrogen-bond acceptors (Lipinski definition) is 3. The first-order valence-electron chi connectivity index (χ1n) is 4.57. The molecule has 0 aliphatic heterocycles. The fourth-order valence-corrected chi connectivity index (χ4v) is 1.72. The van der Waals surface area contributed by atoms with Crippen LogP contribution in [0.25, 0.3) is 0 Å². The first-order valence-corrected chi connectivity index (χ1v) is 4.57. The monoisotopic (exact) mass is 199 g/mol. The minimum Gasteiger partial charge on any atom is -0.480 e. The fraction of sp³-hybridized carbons (Fsp3) is 0.667. The Balaban J connectivity index is 2.80. The number of rotatable bonds is 3. The van der Waals surface area contributed by atoms with Crippen LogP contribution in [0.3, 0.4) is 0 Å². The molecule has 1 amide bonds. The summed E-state index contributed by atoms with van der Waals surface area (Å²) in [6, 6.07) is 0. The quantitative estimate of drug-likeness (QED) is 0.498. The van der Waals surface area contributed by atoms with Crippen LogP contribution in [0.4, 0.5) is 0 Å². The molecular weight excluding hydrogens is 186 g/mol. The molecule has 0 aromatic rings. The number of carboxylic acid groups (broad SMARTS) is 1. The van der Waals surface area contributed by atoms with Gasteiger partial charge >= 0.3 is 5.97 Å². The Bertz CT molecular complexity index is 264. The molecule has 1 unspecified atom stereocenters. The summed E-state index contributed by atoms with van der Waals surface area (Å²) < 4.78 is 0. The second kappa shape index (κ2) is 4.21. The fourth-order valence-electron chi connectivity index (χ4n) is 1.72. The number of carbonyl (C=O) groups excluding carboxylic acids is 2. The Morgan fingerprint density at radius 2 is 2.14 bits per heavy atom. The maximum absolute atomic E-state index is 11.1. The third-order valence-corrected chi connectivity index (χ3v) is 2.63. The van der Waals surface area contributed by atoms with E-state index in [2.05, 4.69) is 5.32 Å². The summed E-state index contributed by atoms with van der Waals surface area (Å²) in [6.07, 6.45) is 2.07. The number of Topliss-reactive ketones (excluding diaryl/α,β-unsaturated/α-hetero) is 1. The van der Waals surface area contributed by atoms with Crippen LogP contribution in [-0.4, -0.2) is 28.8 Å². The van der Waals surface area contributed by atoms with Crippen molar-refractivity contribution in [1.82, 2.24) is 5.32 Å². The molecule has 0 heterocycles. The molecule has 0 radical (unpaired) electrons. The summed E-state index contributed by atoms with van der Waals surface area (Å²) in [5, 5.41) is 11.3. The van der Waals surface area contributed by atoms with Crippen molar-refractivity contribution in [3.63, 3.8) is 0 Å². The van der Waals surface area contributed by atoms with Crippen molar-refractivity contribution < 1.29 is 19.5 Å². The molecule has 78 valence electrons. The Morgan fingerprint density at radius 3 is 2.71 bits per heavy atom. The van der Waals surface area contributed by atoms with Gasteiger partial charge in [-0.05, 0) is 19.3 Å². The highest BCUT2D eigenvalue weighted by atomic mass is 16.4. The van der Waals surface area contributed by atoms with Crippen LogP contribution < -0.4 is 5.32 Å². The molecule has 1 saturated carbocycles. The lowest BCUT2D eigenvalue weighted by Crippen LogP contribution is -2.51. The normalized spacial score (nSPS) is 27.9. The van der Waals surface area contributed by atoms with Crippen LogP contribution in [-0.2, 0) is 14.4 Å². The van der Waals surface area contributed by atoms with E-state index in [-0.39, 0.29) is 18.6 Å². The van der Waals surface area contributed by atoms with E-state index < -0.39 is 11.5 Å². The molecule has 1 aliphatic rings. The third kappa shape index (κ3) is 2.10. The number of hydrogen-bond donors (Lipinski definition) is 2. The molecule has 0 aromatic heterocycles. The van der Waals surface area contributed by atoms with Crippen molar-refractivity contribution in [2.75, 3.05) is 0 Å². The standard InChI is InChI=1S/C9H13NO4/c11-6-10-9(8(13)14)4-1-2-7(12)3-5-9/h6H,1-5H2,(H,10,11)(H,13,14). The second-order valence-corrected chi connectivity index (χ2v) is 3.54. The smallest absolute Gasteiger partial charge is 0.329 e. The highest BCUT2D eigenvalue weighted by Crippen LogP contribution is 2.25. The molecule has 0 saturated heterocycles. The molecule has 0 aromatic carbocycles. The number of carbonyl (C=O) groups is 3. The Labute approximate surface area is 81.5 Å². The van der Waals surface area contributed by atoms with Gasteiger partial charge in [-0.1, -0.05) is 0 Å². The number of amides is 1. The van der Waals surface area contributed by atoms with E-state index in [1.807, 2.05) is 0 Å². The highest BCUT2D eigenvalue weighted by molar-refractivity contribution is 5.85. The highest BCUT2D eigenvalue weighted by Gasteiger charge is 2.39. The van der Waals surface area contributed by atoms with E-state index in [9.17, 15) is 14.4 Å². The topological polar surface area (TPSA) is 83.5 Å². The summed E-state index contributed by atoms with van der Waals surface area (Å²) in [5.41, 5.74) is -1.23. The van der Waals surface area contributed by atoms with Crippen molar-refractivity contribution in [2.45, 2.75) is 37.6 Å². The van der Waals surface area contributed by atoms with E-state index in [0.29, 0.717) is 25.7 Å². The Morgan fingerprint density at radius 1 is 1.43 bits per heavy atom. The van der Waals surface area contributed by atoms with Gasteiger partial charge in [0.1, 0.15) is 11.3 Å². The third-order valence-electron chi connectivity index (χ3n) is 2.63. The Hall–Kier alpha value is -1.39. The van der Waals surface area contributed by atoms with Gasteiger partial charge in [0, 0.05) is 12.8 Å². The van der Waals surface area contributed by atoms with Gasteiger partial charge in [0.15, 0.2) is 0 Å². The molecule has 0 bridgehead atoms. The van der Waals surface area contributed by atoms with Crippen LogP contribution >= 0.6 is 0 Å². The molecule has 1 aliphatic carbocycles. The molecule has 5 heteroatoms. The van der Waals surface area contributed by atoms with Gasteiger partial charge < -0.3 is 10.4 Å². The van der Waals surface area contributed by atoms with Gasteiger partial charge in [0.25, 0.3) is 0 Å². The van der Waals surface area contributed by atoms with Crippen molar-refractivity contribution in [2.24, 2.45) is 0 Å². The molecule has 0 spiro atoms. The number of nitrogens with one attached hydrogen (secondary N) is 1. The maximum Gasteiger partial charge on any atom is 0.329 e. The van der Waals surface area contributed by atoms with E-state index in [4.69, 9.17) is 5.11 Å². The molecule has 5 nitrogen and oxygen atoms in total. The van der Waals surface area contributed by atoms with Gasteiger partial charge in [-0.25, -0.2) is 4.79 Å². The zero-order valence-corrected chi connectivity index (χ0v) is 7.78. The molecule has 1 fully saturated rings. The van der Waals surface area contributed by atoms with E-state index in [0.717, 1.165) is 0 Å². The zero-order chi connectivity index (χ0) is 10.6.